The van der Waals surface area contributed by atoms with E-state index < -0.39 is 5.91 Å². The molecule has 2 aliphatic heterocycles. The molecule has 1 amide bonds. The van der Waals surface area contributed by atoms with Crippen LogP contribution in [0.1, 0.15) is 27.5 Å². The second-order valence-corrected chi connectivity index (χ2v) is 8.40. The number of carbonyl (C=O) groups excluding carboxylic acids is 2. The molecule has 0 atom stereocenters. The van der Waals surface area contributed by atoms with Crippen LogP contribution >= 0.6 is 0 Å². The lowest BCUT2D eigenvalue weighted by Gasteiger charge is -2.40. The van der Waals surface area contributed by atoms with Crippen molar-refractivity contribution >= 4 is 17.4 Å². The number of Topliss-reactive ketones (excluding diaryl/α,β-unsaturated/α-hetero) is 1. The molecular formula is C27H27N3O2. The molecule has 5 nitrogen and oxygen atoms in total. The van der Waals surface area contributed by atoms with Gasteiger partial charge in [-0.25, -0.2) is 0 Å². The molecule has 5 heteroatoms. The first-order chi connectivity index (χ1) is 15.7. The third kappa shape index (κ3) is 3.97. The molecule has 162 valence electrons. The summed E-state index contributed by atoms with van der Waals surface area (Å²) in [6.45, 7) is 5.10. The fraction of sp³-hybridized carbons (Fsp3) is 0.259. The summed E-state index contributed by atoms with van der Waals surface area (Å²) in [5.41, 5.74) is 3.89. The number of hydrogen-bond acceptors (Lipinski definition) is 4. The summed E-state index contributed by atoms with van der Waals surface area (Å²) in [4.78, 5) is 31.2. The van der Waals surface area contributed by atoms with E-state index in [2.05, 4.69) is 70.5 Å². The molecule has 3 aromatic rings. The Balaban J connectivity index is 1.24. The topological polar surface area (TPSA) is 43.9 Å². The van der Waals surface area contributed by atoms with Gasteiger partial charge < -0.3 is 4.90 Å². The van der Waals surface area contributed by atoms with Crippen LogP contribution in [-0.4, -0.2) is 60.8 Å². The number of fused-ring (bicyclic) bond motifs is 1. The highest BCUT2D eigenvalue weighted by Crippen LogP contribution is 2.30. The van der Waals surface area contributed by atoms with Gasteiger partial charge in [0.05, 0.1) is 17.3 Å². The molecule has 1 saturated heterocycles. The van der Waals surface area contributed by atoms with Crippen LogP contribution in [0.4, 0.5) is 5.69 Å². The van der Waals surface area contributed by atoms with Crippen LogP contribution in [0.5, 0.6) is 0 Å². The van der Waals surface area contributed by atoms with Gasteiger partial charge in [0, 0.05) is 39.3 Å². The van der Waals surface area contributed by atoms with E-state index in [0.717, 1.165) is 38.4 Å². The average molecular weight is 426 g/mol. The Kier molecular flexibility index (Phi) is 5.84. The minimum atomic E-state index is -0.405. The molecule has 5 rings (SSSR count). The van der Waals surface area contributed by atoms with Gasteiger partial charge in [0.25, 0.3) is 11.7 Å². The molecular weight excluding hydrogens is 398 g/mol. The highest BCUT2D eigenvalue weighted by atomic mass is 16.2. The quantitative estimate of drug-likeness (QED) is 0.566. The van der Waals surface area contributed by atoms with Crippen molar-refractivity contribution in [1.82, 2.24) is 9.80 Å². The lowest BCUT2D eigenvalue weighted by Crippen LogP contribution is -2.50. The van der Waals surface area contributed by atoms with Crippen LogP contribution < -0.4 is 4.90 Å². The van der Waals surface area contributed by atoms with Crippen molar-refractivity contribution in [1.29, 1.82) is 0 Å². The standard InChI is InChI=1S/C27H27N3O2/c31-26-23-13-7-8-14-24(23)30(27(26)32)20-17-28-15-18-29(19-16-28)25(21-9-3-1-4-10-21)22-11-5-2-6-12-22/h1-14,25H,15-20H2. The Bertz CT molecular complexity index is 1050. The first-order valence-corrected chi connectivity index (χ1v) is 11.2. The van der Waals surface area contributed by atoms with Gasteiger partial charge in [-0.2, -0.15) is 0 Å². The maximum absolute atomic E-state index is 12.4. The van der Waals surface area contributed by atoms with Crippen molar-refractivity contribution in [3.63, 3.8) is 0 Å². The van der Waals surface area contributed by atoms with E-state index in [-0.39, 0.29) is 11.8 Å². The lowest BCUT2D eigenvalue weighted by molar-refractivity contribution is -0.114. The van der Waals surface area contributed by atoms with Crippen molar-refractivity contribution in [2.75, 3.05) is 44.2 Å². The molecule has 0 aromatic heterocycles. The molecule has 3 aromatic carbocycles. The molecule has 0 saturated carbocycles. The van der Waals surface area contributed by atoms with Gasteiger partial charge >= 0.3 is 0 Å². The molecule has 0 spiro atoms. The van der Waals surface area contributed by atoms with E-state index in [1.54, 1.807) is 11.0 Å². The monoisotopic (exact) mass is 425 g/mol. The summed E-state index contributed by atoms with van der Waals surface area (Å²) in [5.74, 6) is -0.794. The Morgan fingerprint density at radius 1 is 0.656 bits per heavy atom. The van der Waals surface area contributed by atoms with Crippen LogP contribution in [0, 0.1) is 0 Å². The predicted molar refractivity (Wildman–Crippen MR) is 126 cm³/mol. The average Bonchev–Trinajstić information content (AvgIpc) is 3.10. The van der Waals surface area contributed by atoms with Crippen LogP contribution in [-0.2, 0) is 4.79 Å². The maximum Gasteiger partial charge on any atom is 0.299 e. The summed E-state index contributed by atoms with van der Waals surface area (Å²) in [7, 11) is 0. The van der Waals surface area contributed by atoms with E-state index >= 15 is 0 Å². The summed E-state index contributed by atoms with van der Waals surface area (Å²) < 4.78 is 0. The van der Waals surface area contributed by atoms with Crippen molar-refractivity contribution in [2.45, 2.75) is 6.04 Å². The second-order valence-electron chi connectivity index (χ2n) is 8.40. The van der Waals surface area contributed by atoms with Gasteiger partial charge in [-0.05, 0) is 23.3 Å². The van der Waals surface area contributed by atoms with Crippen LogP contribution in [0.25, 0.3) is 0 Å². The molecule has 0 N–H and O–H groups in total. The number of rotatable bonds is 6. The number of benzene rings is 3. The number of para-hydroxylation sites is 1. The molecule has 32 heavy (non-hydrogen) atoms. The second kappa shape index (κ2) is 9.07. The van der Waals surface area contributed by atoms with E-state index in [0.29, 0.717) is 12.1 Å². The van der Waals surface area contributed by atoms with Crippen molar-refractivity contribution in [3.8, 4) is 0 Å². The smallest absolute Gasteiger partial charge is 0.299 e. The van der Waals surface area contributed by atoms with Gasteiger partial charge in [-0.1, -0.05) is 72.8 Å². The minimum absolute atomic E-state index is 0.240. The molecule has 2 heterocycles. The zero-order chi connectivity index (χ0) is 21.9. The summed E-state index contributed by atoms with van der Waals surface area (Å²) >= 11 is 0. The van der Waals surface area contributed by atoms with Gasteiger partial charge in [0.15, 0.2) is 0 Å². The molecule has 0 unspecified atom stereocenters. The van der Waals surface area contributed by atoms with E-state index in [1.807, 2.05) is 18.2 Å². The van der Waals surface area contributed by atoms with Crippen molar-refractivity contribution in [3.05, 3.63) is 102 Å². The van der Waals surface area contributed by atoms with Crippen molar-refractivity contribution < 1.29 is 9.59 Å². The molecule has 0 bridgehead atoms. The van der Waals surface area contributed by atoms with E-state index in [9.17, 15) is 9.59 Å². The highest BCUT2D eigenvalue weighted by Gasteiger charge is 2.35. The molecule has 1 fully saturated rings. The van der Waals surface area contributed by atoms with Crippen LogP contribution in [0.15, 0.2) is 84.9 Å². The van der Waals surface area contributed by atoms with E-state index in [1.165, 1.54) is 11.1 Å². The fourth-order valence-electron chi connectivity index (χ4n) is 4.84. The molecule has 0 aliphatic carbocycles. The normalized spacial score (nSPS) is 17.2. The zero-order valence-electron chi connectivity index (χ0n) is 18.1. The Labute approximate surface area is 188 Å². The van der Waals surface area contributed by atoms with Gasteiger partial charge in [-0.15, -0.1) is 0 Å². The maximum atomic E-state index is 12.4. The van der Waals surface area contributed by atoms with E-state index in [4.69, 9.17) is 0 Å². The number of hydrogen-bond donors (Lipinski definition) is 0. The number of ketones is 1. The minimum Gasteiger partial charge on any atom is -0.303 e. The predicted octanol–water partition coefficient (Wildman–Crippen LogP) is 3.62. The summed E-state index contributed by atoms with van der Waals surface area (Å²) in [6.07, 6.45) is 0. The van der Waals surface area contributed by atoms with Crippen LogP contribution in [0.2, 0.25) is 0 Å². The number of nitrogens with zero attached hydrogens (tertiary/aromatic N) is 3. The Morgan fingerprint density at radius 3 is 1.84 bits per heavy atom. The third-order valence-electron chi connectivity index (χ3n) is 6.52. The lowest BCUT2D eigenvalue weighted by atomic mass is 9.96. The number of anilines is 1. The highest BCUT2D eigenvalue weighted by molar-refractivity contribution is 6.52. The number of piperazine rings is 1. The zero-order valence-corrected chi connectivity index (χ0v) is 18.1. The first kappa shape index (κ1) is 20.6. The van der Waals surface area contributed by atoms with Gasteiger partial charge in [-0.3, -0.25) is 19.4 Å². The number of carbonyl (C=O) groups is 2. The molecule has 0 radical (unpaired) electrons. The molecule has 2 aliphatic rings. The van der Waals surface area contributed by atoms with Gasteiger partial charge in [0.2, 0.25) is 0 Å². The van der Waals surface area contributed by atoms with Crippen LogP contribution in [0.3, 0.4) is 0 Å². The summed E-state index contributed by atoms with van der Waals surface area (Å²) in [5, 5.41) is 0. The number of amides is 1. The SMILES string of the molecule is O=C1C(=O)N(CCN2CCN(C(c3ccccc3)c3ccccc3)CC2)c2ccccc21. The summed E-state index contributed by atoms with van der Waals surface area (Å²) in [6, 6.07) is 28.9. The third-order valence-corrected chi connectivity index (χ3v) is 6.52. The Hall–Kier alpha value is -3.28. The fourth-order valence-corrected chi connectivity index (χ4v) is 4.84. The van der Waals surface area contributed by atoms with Gasteiger partial charge in [0.1, 0.15) is 0 Å². The Morgan fingerprint density at radius 2 is 1.22 bits per heavy atom. The first-order valence-electron chi connectivity index (χ1n) is 11.2. The largest absolute Gasteiger partial charge is 0.303 e. The van der Waals surface area contributed by atoms with Crippen molar-refractivity contribution in [2.24, 2.45) is 0 Å².